The van der Waals surface area contributed by atoms with E-state index >= 15 is 0 Å². The van der Waals surface area contributed by atoms with E-state index in [1.54, 1.807) is 0 Å². The quantitative estimate of drug-likeness (QED) is 0.237. The van der Waals surface area contributed by atoms with Gasteiger partial charge in [0.2, 0.25) is 0 Å². The molecule has 0 atom stereocenters. The Hall–Kier alpha value is -0.670. The van der Waals surface area contributed by atoms with Gasteiger partial charge in [-0.2, -0.15) is 0 Å². The van der Waals surface area contributed by atoms with Gasteiger partial charge in [0.15, 0.2) is 5.96 Å². The molecular formula is C19H30ClF2IN4. The zero-order chi connectivity index (χ0) is 18.8. The Bertz CT molecular complexity index is 566. The van der Waals surface area contributed by atoms with Gasteiger partial charge in [0, 0.05) is 37.2 Å². The molecule has 1 fully saturated rings. The second-order valence-corrected chi connectivity index (χ2v) is 6.97. The molecule has 4 nitrogen and oxygen atoms in total. The fourth-order valence-electron chi connectivity index (χ4n) is 3.13. The van der Waals surface area contributed by atoms with Crippen LogP contribution in [0.3, 0.4) is 0 Å². The van der Waals surface area contributed by atoms with E-state index in [0.717, 1.165) is 48.8 Å². The monoisotopic (exact) mass is 514 g/mol. The number of rotatable bonds is 8. The van der Waals surface area contributed by atoms with E-state index in [4.69, 9.17) is 11.6 Å². The number of halogens is 4. The molecule has 0 saturated carbocycles. The van der Waals surface area contributed by atoms with Crippen LogP contribution in [0.2, 0.25) is 5.02 Å². The standard InChI is InChI=1S/C19H29ClF2N4.HI/c1-2-23-19(24-11-5-7-15-6-3-4-8-17(15)20)25-16-9-12-26(13-10-16)14-18(21)22;/h3-4,6,8,16,18H,2,5,7,9-14H2,1H3,(H2,23,24,25);1H. The molecule has 2 N–H and O–H groups in total. The molecule has 1 aliphatic heterocycles. The molecule has 1 aliphatic rings. The van der Waals surface area contributed by atoms with Crippen molar-refractivity contribution in [3.05, 3.63) is 34.9 Å². The third kappa shape index (κ3) is 9.38. The minimum atomic E-state index is -2.25. The maximum absolute atomic E-state index is 12.5. The maximum atomic E-state index is 12.5. The number of hydrogen-bond donors (Lipinski definition) is 2. The Morgan fingerprint density at radius 2 is 2.00 bits per heavy atom. The molecule has 1 aromatic carbocycles. The molecule has 0 aliphatic carbocycles. The minimum Gasteiger partial charge on any atom is -0.357 e. The Kier molecular flexibility index (Phi) is 12.2. The zero-order valence-corrected chi connectivity index (χ0v) is 18.9. The second-order valence-electron chi connectivity index (χ2n) is 6.57. The molecule has 0 radical (unpaired) electrons. The third-order valence-corrected chi connectivity index (χ3v) is 4.87. The van der Waals surface area contributed by atoms with E-state index in [0.29, 0.717) is 19.6 Å². The molecule has 27 heavy (non-hydrogen) atoms. The number of nitrogens with one attached hydrogen (secondary N) is 2. The summed E-state index contributed by atoms with van der Waals surface area (Å²) in [5, 5.41) is 7.50. The SMILES string of the molecule is CCNC(=NCCCc1ccccc1Cl)NC1CCN(CC(F)F)CC1.I. The number of aryl methyl sites for hydroxylation is 1. The van der Waals surface area contributed by atoms with E-state index in [2.05, 4.69) is 15.6 Å². The van der Waals surface area contributed by atoms with E-state index in [9.17, 15) is 8.78 Å². The molecular weight excluding hydrogens is 485 g/mol. The first kappa shape index (κ1) is 24.4. The van der Waals surface area contributed by atoms with Crippen LogP contribution in [-0.2, 0) is 6.42 Å². The Balaban J connectivity index is 0.00000364. The topological polar surface area (TPSA) is 39.7 Å². The van der Waals surface area contributed by atoms with Crippen LogP contribution < -0.4 is 10.6 Å². The molecule has 2 rings (SSSR count). The van der Waals surface area contributed by atoms with Gasteiger partial charge in [-0.1, -0.05) is 29.8 Å². The van der Waals surface area contributed by atoms with Crippen LogP contribution >= 0.6 is 35.6 Å². The first-order valence-corrected chi connectivity index (χ1v) is 9.75. The van der Waals surface area contributed by atoms with Gasteiger partial charge in [0.1, 0.15) is 0 Å². The molecule has 1 aromatic rings. The normalized spacial score (nSPS) is 16.3. The number of nitrogens with zero attached hydrogens (tertiary/aromatic N) is 2. The lowest BCUT2D eigenvalue weighted by molar-refractivity contribution is 0.0744. The number of aliphatic imine (C=N–C) groups is 1. The van der Waals surface area contributed by atoms with Crippen molar-refractivity contribution in [3.8, 4) is 0 Å². The number of benzene rings is 1. The number of guanidine groups is 1. The highest BCUT2D eigenvalue weighted by atomic mass is 127. The van der Waals surface area contributed by atoms with Gasteiger partial charge in [-0.05, 0) is 44.2 Å². The summed E-state index contributed by atoms with van der Waals surface area (Å²) in [5.74, 6) is 0.805. The summed E-state index contributed by atoms with van der Waals surface area (Å²) in [5.41, 5.74) is 1.15. The van der Waals surface area contributed by atoms with Gasteiger partial charge in [-0.3, -0.25) is 9.89 Å². The lowest BCUT2D eigenvalue weighted by Gasteiger charge is -2.32. The van der Waals surface area contributed by atoms with Crippen molar-refractivity contribution in [3.63, 3.8) is 0 Å². The van der Waals surface area contributed by atoms with Gasteiger partial charge < -0.3 is 10.6 Å². The van der Waals surface area contributed by atoms with Gasteiger partial charge in [-0.25, -0.2) is 8.78 Å². The molecule has 0 amide bonds. The largest absolute Gasteiger partial charge is 0.357 e. The molecule has 8 heteroatoms. The molecule has 0 spiro atoms. The van der Waals surface area contributed by atoms with E-state index in [1.807, 2.05) is 36.1 Å². The van der Waals surface area contributed by atoms with Crippen LogP contribution in [0.4, 0.5) is 8.78 Å². The molecule has 154 valence electrons. The molecule has 0 unspecified atom stereocenters. The van der Waals surface area contributed by atoms with E-state index in [1.165, 1.54) is 0 Å². The molecule has 1 saturated heterocycles. The highest BCUT2D eigenvalue weighted by Crippen LogP contribution is 2.16. The number of piperidine rings is 1. The van der Waals surface area contributed by atoms with Gasteiger partial charge in [0.25, 0.3) is 6.43 Å². The Morgan fingerprint density at radius 1 is 1.30 bits per heavy atom. The van der Waals surface area contributed by atoms with Crippen LogP contribution in [0.25, 0.3) is 0 Å². The van der Waals surface area contributed by atoms with Crippen LogP contribution in [0.5, 0.6) is 0 Å². The fourth-order valence-corrected chi connectivity index (χ4v) is 3.36. The maximum Gasteiger partial charge on any atom is 0.251 e. The number of alkyl halides is 2. The van der Waals surface area contributed by atoms with Crippen LogP contribution in [0.15, 0.2) is 29.3 Å². The van der Waals surface area contributed by atoms with Crippen molar-refractivity contribution < 1.29 is 8.78 Å². The summed E-state index contributed by atoms with van der Waals surface area (Å²) < 4.78 is 24.9. The summed E-state index contributed by atoms with van der Waals surface area (Å²) in [6.45, 7) is 4.82. The van der Waals surface area contributed by atoms with Gasteiger partial charge >= 0.3 is 0 Å². The van der Waals surface area contributed by atoms with Crippen molar-refractivity contribution in [2.24, 2.45) is 4.99 Å². The third-order valence-electron chi connectivity index (χ3n) is 4.50. The molecule has 1 heterocycles. The first-order valence-electron chi connectivity index (χ1n) is 9.37. The van der Waals surface area contributed by atoms with Crippen LogP contribution in [-0.4, -0.2) is 56.1 Å². The van der Waals surface area contributed by atoms with E-state index < -0.39 is 6.43 Å². The summed E-state index contributed by atoms with van der Waals surface area (Å²) in [4.78, 5) is 6.47. The Morgan fingerprint density at radius 3 is 2.63 bits per heavy atom. The minimum absolute atomic E-state index is 0. The first-order chi connectivity index (χ1) is 12.6. The summed E-state index contributed by atoms with van der Waals surface area (Å²) >= 11 is 6.18. The van der Waals surface area contributed by atoms with Crippen LogP contribution in [0.1, 0.15) is 31.7 Å². The van der Waals surface area contributed by atoms with Crippen molar-refractivity contribution >= 4 is 41.5 Å². The zero-order valence-electron chi connectivity index (χ0n) is 15.8. The summed E-state index contributed by atoms with van der Waals surface area (Å²) in [6.07, 6.45) is 1.28. The summed E-state index contributed by atoms with van der Waals surface area (Å²) in [6, 6.07) is 8.17. The fraction of sp³-hybridized carbons (Fsp3) is 0.632. The van der Waals surface area contributed by atoms with E-state index in [-0.39, 0.29) is 36.6 Å². The highest BCUT2D eigenvalue weighted by molar-refractivity contribution is 14.0. The van der Waals surface area contributed by atoms with Gasteiger partial charge in [0.05, 0.1) is 6.54 Å². The lowest BCUT2D eigenvalue weighted by atomic mass is 10.1. The Labute approximate surface area is 183 Å². The second kappa shape index (κ2) is 13.5. The predicted octanol–water partition coefficient (Wildman–Crippen LogP) is 4.18. The molecule has 0 aromatic heterocycles. The highest BCUT2D eigenvalue weighted by Gasteiger charge is 2.21. The average molecular weight is 515 g/mol. The molecule has 0 bridgehead atoms. The predicted molar refractivity (Wildman–Crippen MR) is 120 cm³/mol. The van der Waals surface area contributed by atoms with Crippen molar-refractivity contribution in [1.29, 1.82) is 0 Å². The smallest absolute Gasteiger partial charge is 0.251 e. The van der Waals surface area contributed by atoms with Crippen LogP contribution in [0, 0.1) is 0 Å². The van der Waals surface area contributed by atoms with Gasteiger partial charge in [-0.15, -0.1) is 24.0 Å². The number of hydrogen-bond acceptors (Lipinski definition) is 2. The van der Waals surface area contributed by atoms with Crippen molar-refractivity contribution in [2.75, 3.05) is 32.7 Å². The lowest BCUT2D eigenvalue weighted by Crippen LogP contribution is -2.49. The summed E-state index contributed by atoms with van der Waals surface area (Å²) in [7, 11) is 0. The average Bonchev–Trinajstić information content (AvgIpc) is 2.61. The van der Waals surface area contributed by atoms with Crippen molar-refractivity contribution in [2.45, 2.75) is 45.1 Å². The number of likely N-dealkylation sites (tertiary alicyclic amines) is 1. The van der Waals surface area contributed by atoms with Crippen molar-refractivity contribution in [1.82, 2.24) is 15.5 Å².